The Hall–Kier alpha value is -3.42. The Morgan fingerprint density at radius 1 is 0.767 bits per heavy atom. The molecule has 6 nitrogen and oxygen atoms in total. The molecule has 3 atom stereocenters. The van der Waals surface area contributed by atoms with Crippen LogP contribution in [0.3, 0.4) is 0 Å². The monoisotopic (exact) mass is 603 g/mol. The molecule has 0 fully saturated rings. The van der Waals surface area contributed by atoms with Crippen LogP contribution < -0.4 is 5.32 Å². The lowest BCUT2D eigenvalue weighted by molar-refractivity contribution is -0.142. The van der Waals surface area contributed by atoms with Crippen LogP contribution in [0.5, 0.6) is 0 Å². The Morgan fingerprint density at radius 2 is 1.28 bits per heavy atom. The van der Waals surface area contributed by atoms with Gasteiger partial charge in [0.25, 0.3) is 0 Å². The number of nitrogens with one attached hydrogen (secondary N) is 1. The van der Waals surface area contributed by atoms with E-state index in [0.717, 1.165) is 22.3 Å². The highest BCUT2D eigenvalue weighted by Crippen LogP contribution is 2.39. The maximum absolute atomic E-state index is 13.1. The van der Waals surface area contributed by atoms with Gasteiger partial charge in [-0.25, -0.2) is 4.79 Å². The molecule has 0 aliphatic rings. The van der Waals surface area contributed by atoms with Crippen molar-refractivity contribution in [2.45, 2.75) is 96.7 Å². The number of aliphatic carboxylic acids is 1. The molecule has 43 heavy (non-hydrogen) atoms. The van der Waals surface area contributed by atoms with Gasteiger partial charge >= 0.3 is 12.1 Å². The maximum Gasteiger partial charge on any atom is 0.407 e. The molecular weight excluding hydrogens is 554 g/mol. The lowest BCUT2D eigenvalue weighted by Crippen LogP contribution is -2.54. The Labute approximate surface area is 259 Å². The fourth-order valence-corrected chi connectivity index (χ4v) is 6.12. The van der Waals surface area contributed by atoms with E-state index in [4.69, 9.17) is 9.16 Å². The standard InChI is InChI=1S/C36H49NO5Si/c1-35(2,3)41-34(40)37-31(24-26-15-11-9-12-16-26)32(42-43(7,8)36(4,5)6)25-30(33(38)39)23-27-19-21-29(22-20-27)28-17-13-10-14-18-28/h9-22,30-32H,23-25H2,1-8H3,(H,37,40)(H,38,39). The molecule has 0 saturated carbocycles. The van der Waals surface area contributed by atoms with Crippen molar-refractivity contribution in [2.75, 3.05) is 0 Å². The van der Waals surface area contributed by atoms with Crippen LogP contribution in [0.4, 0.5) is 4.79 Å². The summed E-state index contributed by atoms with van der Waals surface area (Å²) in [4.78, 5) is 25.8. The highest BCUT2D eigenvalue weighted by molar-refractivity contribution is 6.74. The minimum atomic E-state index is -2.37. The topological polar surface area (TPSA) is 84.9 Å². The van der Waals surface area contributed by atoms with Crippen molar-refractivity contribution < 1.29 is 23.9 Å². The second kappa shape index (κ2) is 14.4. The van der Waals surface area contributed by atoms with Crippen molar-refractivity contribution in [1.29, 1.82) is 0 Å². The minimum Gasteiger partial charge on any atom is -0.481 e. The average Bonchev–Trinajstić information content (AvgIpc) is 2.91. The number of hydrogen-bond acceptors (Lipinski definition) is 4. The van der Waals surface area contributed by atoms with Gasteiger partial charge in [-0.3, -0.25) is 4.79 Å². The maximum atomic E-state index is 13.1. The number of benzene rings is 3. The summed E-state index contributed by atoms with van der Waals surface area (Å²) in [6.45, 7) is 16.3. The highest BCUT2D eigenvalue weighted by atomic mass is 28.4. The van der Waals surface area contributed by atoms with Gasteiger partial charge in [-0.2, -0.15) is 0 Å². The smallest absolute Gasteiger partial charge is 0.407 e. The summed E-state index contributed by atoms with van der Waals surface area (Å²) in [5.74, 6) is -1.59. The van der Waals surface area contributed by atoms with Gasteiger partial charge in [0.2, 0.25) is 0 Å². The summed E-state index contributed by atoms with van der Waals surface area (Å²) in [5.41, 5.74) is 3.49. The van der Waals surface area contributed by atoms with E-state index in [1.165, 1.54) is 0 Å². The molecule has 0 aliphatic heterocycles. The molecule has 3 rings (SSSR count). The van der Waals surface area contributed by atoms with Crippen LogP contribution in [0.2, 0.25) is 18.1 Å². The fraction of sp³-hybridized carbons (Fsp3) is 0.444. The summed E-state index contributed by atoms with van der Waals surface area (Å²) in [5, 5.41) is 13.4. The van der Waals surface area contributed by atoms with Gasteiger partial charge in [-0.05, 0) is 80.4 Å². The van der Waals surface area contributed by atoms with Crippen LogP contribution in [0.15, 0.2) is 84.9 Å². The zero-order valence-corrected chi connectivity index (χ0v) is 28.0. The Balaban J connectivity index is 1.94. The van der Waals surface area contributed by atoms with Crippen LogP contribution in [-0.4, -0.2) is 43.2 Å². The van der Waals surface area contributed by atoms with E-state index >= 15 is 0 Å². The van der Waals surface area contributed by atoms with Crippen molar-refractivity contribution in [2.24, 2.45) is 5.92 Å². The zero-order chi connectivity index (χ0) is 31.8. The molecule has 232 valence electrons. The van der Waals surface area contributed by atoms with E-state index in [9.17, 15) is 14.7 Å². The van der Waals surface area contributed by atoms with Crippen LogP contribution in [0.1, 0.15) is 59.1 Å². The summed E-state index contributed by atoms with van der Waals surface area (Å²) in [6, 6.07) is 27.6. The van der Waals surface area contributed by atoms with Crippen molar-refractivity contribution >= 4 is 20.4 Å². The highest BCUT2D eigenvalue weighted by Gasteiger charge is 2.42. The fourth-order valence-electron chi connectivity index (χ4n) is 4.75. The lowest BCUT2D eigenvalue weighted by atomic mass is 9.89. The molecule has 0 heterocycles. The first-order chi connectivity index (χ1) is 20.0. The number of hydrogen-bond donors (Lipinski definition) is 2. The molecule has 1 amide bonds. The molecule has 2 N–H and O–H groups in total. The zero-order valence-electron chi connectivity index (χ0n) is 27.0. The molecule has 3 unspecified atom stereocenters. The number of amides is 1. The van der Waals surface area contributed by atoms with Crippen molar-refractivity contribution in [1.82, 2.24) is 5.32 Å². The van der Waals surface area contributed by atoms with Gasteiger partial charge in [0.1, 0.15) is 5.60 Å². The first-order valence-corrected chi connectivity index (χ1v) is 18.0. The number of carbonyl (C=O) groups is 2. The second-order valence-corrected chi connectivity index (χ2v) is 18.7. The van der Waals surface area contributed by atoms with E-state index < -0.39 is 44.0 Å². The Morgan fingerprint density at radius 3 is 1.79 bits per heavy atom. The lowest BCUT2D eigenvalue weighted by Gasteiger charge is -2.42. The molecule has 0 radical (unpaired) electrons. The van der Waals surface area contributed by atoms with E-state index in [1.807, 2.05) is 93.6 Å². The quantitative estimate of drug-likeness (QED) is 0.203. The first kappa shape index (κ1) is 34.1. The minimum absolute atomic E-state index is 0.111. The predicted molar refractivity (Wildman–Crippen MR) is 177 cm³/mol. The third kappa shape index (κ3) is 10.7. The molecule has 0 spiro atoms. The van der Waals surface area contributed by atoms with Crippen molar-refractivity contribution in [3.05, 3.63) is 96.1 Å². The van der Waals surface area contributed by atoms with E-state index in [1.54, 1.807) is 0 Å². The molecule has 0 bridgehead atoms. The largest absolute Gasteiger partial charge is 0.481 e. The second-order valence-electron chi connectivity index (χ2n) is 13.9. The molecular formula is C36H49NO5Si. The SMILES string of the molecule is CC(C)(C)OC(=O)NC(Cc1ccccc1)C(CC(Cc1ccc(-c2ccccc2)cc1)C(=O)O)O[Si](C)(C)C(C)(C)C. The molecule has 0 aliphatic carbocycles. The molecule has 3 aromatic carbocycles. The van der Waals surface area contributed by atoms with Crippen molar-refractivity contribution in [3.63, 3.8) is 0 Å². The normalized spacial score (nSPS) is 14.4. The van der Waals surface area contributed by atoms with Crippen LogP contribution >= 0.6 is 0 Å². The molecule has 0 saturated heterocycles. The van der Waals surface area contributed by atoms with Gasteiger partial charge in [-0.15, -0.1) is 0 Å². The van der Waals surface area contributed by atoms with Crippen LogP contribution in [0.25, 0.3) is 11.1 Å². The van der Waals surface area contributed by atoms with Gasteiger partial charge in [0.15, 0.2) is 8.32 Å². The van der Waals surface area contributed by atoms with Crippen LogP contribution in [0, 0.1) is 5.92 Å². The molecule has 0 aromatic heterocycles. The summed E-state index contributed by atoms with van der Waals surface area (Å²) < 4.78 is 12.6. The molecule has 3 aromatic rings. The van der Waals surface area contributed by atoms with Crippen molar-refractivity contribution in [3.8, 4) is 11.1 Å². The predicted octanol–water partition coefficient (Wildman–Crippen LogP) is 8.51. The number of carboxylic acids is 1. The van der Waals surface area contributed by atoms with Gasteiger partial charge in [0, 0.05) is 0 Å². The third-order valence-electron chi connectivity index (χ3n) is 8.11. The van der Waals surface area contributed by atoms with Gasteiger partial charge < -0.3 is 19.6 Å². The summed E-state index contributed by atoms with van der Waals surface area (Å²) in [7, 11) is -2.37. The van der Waals surface area contributed by atoms with Gasteiger partial charge in [-0.1, -0.05) is 106 Å². The number of carboxylic acid groups (broad SMARTS) is 1. The van der Waals surface area contributed by atoms with Gasteiger partial charge in [0.05, 0.1) is 18.1 Å². The first-order valence-electron chi connectivity index (χ1n) is 15.1. The van der Waals surface area contributed by atoms with E-state index in [2.05, 4.69) is 51.3 Å². The molecule has 7 heteroatoms. The van der Waals surface area contributed by atoms with E-state index in [0.29, 0.717) is 12.8 Å². The number of carbonyl (C=O) groups excluding carboxylic acids is 1. The van der Waals surface area contributed by atoms with E-state index in [-0.39, 0.29) is 11.5 Å². The Bertz CT molecular complexity index is 1310. The number of rotatable bonds is 12. The number of alkyl carbamates (subject to hydrolysis) is 1. The summed E-state index contributed by atoms with van der Waals surface area (Å²) in [6.07, 6.45) is -0.00165. The summed E-state index contributed by atoms with van der Waals surface area (Å²) >= 11 is 0. The third-order valence-corrected chi connectivity index (χ3v) is 12.6. The Kier molecular flexibility index (Phi) is 11.4. The average molecular weight is 604 g/mol. The number of ether oxygens (including phenoxy) is 1. The van der Waals surface area contributed by atoms with Crippen LogP contribution in [-0.2, 0) is 26.8 Å².